The van der Waals surface area contributed by atoms with Crippen molar-refractivity contribution in [1.29, 1.82) is 0 Å². The van der Waals surface area contributed by atoms with Crippen molar-refractivity contribution in [2.24, 2.45) is 0 Å². The highest BCUT2D eigenvalue weighted by molar-refractivity contribution is 5.45. The van der Waals surface area contributed by atoms with Crippen molar-refractivity contribution in [3.63, 3.8) is 0 Å². The predicted molar refractivity (Wildman–Crippen MR) is 63.8 cm³/mol. The normalized spacial score (nSPS) is 10.6. The molecule has 0 aromatic heterocycles. The van der Waals surface area contributed by atoms with Crippen molar-refractivity contribution in [3.8, 4) is 0 Å². The molecule has 1 rings (SSSR count). The van der Waals surface area contributed by atoms with Gasteiger partial charge in [0, 0.05) is 11.7 Å². The van der Waals surface area contributed by atoms with Crippen molar-refractivity contribution in [3.05, 3.63) is 29.8 Å². The van der Waals surface area contributed by atoms with Crippen LogP contribution in [0.5, 0.6) is 0 Å². The van der Waals surface area contributed by atoms with Gasteiger partial charge < -0.3 is 5.32 Å². The topological polar surface area (TPSA) is 12.0 Å². The minimum Gasteiger partial charge on any atom is -0.383 e. The molecular formula is C13H21N. The molecule has 1 aromatic rings. The second-order valence-corrected chi connectivity index (χ2v) is 4.10. The first-order valence-corrected chi connectivity index (χ1v) is 5.58. The molecule has 0 radical (unpaired) electrons. The molecule has 78 valence electrons. The van der Waals surface area contributed by atoms with Crippen LogP contribution in [0.1, 0.15) is 39.2 Å². The van der Waals surface area contributed by atoms with Crippen LogP contribution in [0, 0.1) is 0 Å². The Morgan fingerprint density at radius 2 is 1.79 bits per heavy atom. The lowest BCUT2D eigenvalue weighted by Crippen LogP contribution is -2.09. The summed E-state index contributed by atoms with van der Waals surface area (Å²) in [6, 6.07) is 9.30. The highest BCUT2D eigenvalue weighted by Gasteiger charge is 1.95. The molecular weight excluding hydrogens is 170 g/mol. The Balaban J connectivity index is 2.50. The minimum absolute atomic E-state index is 0.511. The van der Waals surface area contributed by atoms with Gasteiger partial charge in [-0.1, -0.05) is 25.5 Å². The van der Waals surface area contributed by atoms with Gasteiger partial charge in [0.25, 0.3) is 0 Å². The van der Waals surface area contributed by atoms with Gasteiger partial charge in [-0.25, -0.2) is 0 Å². The van der Waals surface area contributed by atoms with Gasteiger partial charge in [0.05, 0.1) is 0 Å². The molecule has 14 heavy (non-hydrogen) atoms. The van der Waals surface area contributed by atoms with Crippen molar-refractivity contribution in [2.75, 3.05) is 5.32 Å². The zero-order valence-electron chi connectivity index (χ0n) is 9.51. The first-order valence-electron chi connectivity index (χ1n) is 5.58. The van der Waals surface area contributed by atoms with Crippen LogP contribution in [0.2, 0.25) is 0 Å². The summed E-state index contributed by atoms with van der Waals surface area (Å²) in [6.45, 7) is 6.55. The molecule has 1 N–H and O–H groups in total. The number of nitrogens with one attached hydrogen (secondary N) is 1. The van der Waals surface area contributed by atoms with E-state index in [0.29, 0.717) is 6.04 Å². The maximum Gasteiger partial charge on any atom is 0.0342 e. The molecule has 0 saturated carbocycles. The van der Waals surface area contributed by atoms with Crippen LogP contribution in [0.15, 0.2) is 24.3 Å². The number of benzene rings is 1. The number of hydrogen-bond donors (Lipinski definition) is 1. The fourth-order valence-electron chi connectivity index (χ4n) is 1.48. The quantitative estimate of drug-likeness (QED) is 0.745. The maximum absolute atomic E-state index is 3.39. The highest BCUT2D eigenvalue weighted by Crippen LogP contribution is 2.12. The Kier molecular flexibility index (Phi) is 4.51. The van der Waals surface area contributed by atoms with Gasteiger partial charge in [0.2, 0.25) is 0 Å². The molecule has 0 bridgehead atoms. The third-order valence-corrected chi connectivity index (χ3v) is 2.23. The van der Waals surface area contributed by atoms with Crippen LogP contribution < -0.4 is 5.32 Å². The van der Waals surface area contributed by atoms with Crippen LogP contribution in [-0.4, -0.2) is 6.04 Å². The molecule has 0 fully saturated rings. The van der Waals surface area contributed by atoms with Crippen LogP contribution in [0.3, 0.4) is 0 Å². The van der Waals surface area contributed by atoms with E-state index in [4.69, 9.17) is 0 Å². The number of rotatable bonds is 5. The molecule has 0 amide bonds. The van der Waals surface area contributed by atoms with E-state index in [1.165, 1.54) is 30.5 Å². The van der Waals surface area contributed by atoms with Crippen LogP contribution in [0.25, 0.3) is 0 Å². The summed E-state index contributed by atoms with van der Waals surface area (Å²) in [5.41, 5.74) is 2.67. The second kappa shape index (κ2) is 5.69. The van der Waals surface area contributed by atoms with Crippen molar-refractivity contribution in [2.45, 2.75) is 46.1 Å². The predicted octanol–water partition coefficient (Wildman–Crippen LogP) is 3.85. The Bertz CT molecular complexity index is 248. The van der Waals surface area contributed by atoms with Gasteiger partial charge >= 0.3 is 0 Å². The molecule has 0 aliphatic heterocycles. The maximum atomic E-state index is 3.39. The molecule has 0 saturated heterocycles. The van der Waals surface area contributed by atoms with Crippen molar-refractivity contribution in [1.82, 2.24) is 0 Å². The summed E-state index contributed by atoms with van der Waals surface area (Å²) in [5, 5.41) is 3.39. The van der Waals surface area contributed by atoms with Crippen molar-refractivity contribution >= 4 is 5.69 Å². The smallest absolute Gasteiger partial charge is 0.0342 e. The van der Waals surface area contributed by atoms with Gasteiger partial charge in [0.1, 0.15) is 0 Å². The summed E-state index contributed by atoms with van der Waals surface area (Å²) < 4.78 is 0. The largest absolute Gasteiger partial charge is 0.383 e. The molecule has 0 unspecified atom stereocenters. The first kappa shape index (κ1) is 11.1. The van der Waals surface area contributed by atoms with Gasteiger partial charge in [-0.3, -0.25) is 0 Å². The summed E-state index contributed by atoms with van der Waals surface area (Å²) in [7, 11) is 0. The average molecular weight is 191 g/mol. The van der Waals surface area contributed by atoms with Gasteiger partial charge in [-0.2, -0.15) is 0 Å². The third kappa shape index (κ3) is 3.82. The lowest BCUT2D eigenvalue weighted by molar-refractivity contribution is 0.795. The van der Waals surface area contributed by atoms with Crippen LogP contribution in [0.4, 0.5) is 5.69 Å². The molecule has 1 heteroatoms. The van der Waals surface area contributed by atoms with Crippen LogP contribution in [-0.2, 0) is 6.42 Å². The van der Waals surface area contributed by atoms with E-state index in [-0.39, 0.29) is 0 Å². The summed E-state index contributed by atoms with van der Waals surface area (Å²) in [5.74, 6) is 0. The summed E-state index contributed by atoms with van der Waals surface area (Å²) in [6.07, 6.45) is 3.77. The fraction of sp³-hybridized carbons (Fsp3) is 0.538. The number of aryl methyl sites for hydroxylation is 1. The SMILES string of the molecule is CCCCc1ccc(NC(C)C)cc1. The van der Waals surface area contributed by atoms with E-state index < -0.39 is 0 Å². The summed E-state index contributed by atoms with van der Waals surface area (Å²) >= 11 is 0. The third-order valence-electron chi connectivity index (χ3n) is 2.23. The average Bonchev–Trinajstić information content (AvgIpc) is 2.16. The van der Waals surface area contributed by atoms with E-state index in [1.54, 1.807) is 0 Å². The fourth-order valence-corrected chi connectivity index (χ4v) is 1.48. The van der Waals surface area contributed by atoms with E-state index in [0.717, 1.165) is 0 Å². The number of unbranched alkanes of at least 4 members (excludes halogenated alkanes) is 1. The zero-order chi connectivity index (χ0) is 10.4. The van der Waals surface area contributed by atoms with E-state index in [2.05, 4.69) is 50.4 Å². The monoisotopic (exact) mass is 191 g/mol. The first-order chi connectivity index (χ1) is 6.72. The minimum atomic E-state index is 0.511. The molecule has 1 aromatic carbocycles. The van der Waals surface area contributed by atoms with Crippen molar-refractivity contribution < 1.29 is 0 Å². The number of anilines is 1. The lowest BCUT2D eigenvalue weighted by Gasteiger charge is -2.10. The second-order valence-electron chi connectivity index (χ2n) is 4.10. The molecule has 0 aliphatic rings. The number of hydrogen-bond acceptors (Lipinski definition) is 1. The molecule has 0 aliphatic carbocycles. The van der Waals surface area contributed by atoms with E-state index >= 15 is 0 Å². The van der Waals surface area contributed by atoms with Crippen LogP contribution >= 0.6 is 0 Å². The lowest BCUT2D eigenvalue weighted by atomic mass is 10.1. The Morgan fingerprint density at radius 1 is 1.14 bits per heavy atom. The Labute approximate surface area is 87.5 Å². The summed E-state index contributed by atoms with van der Waals surface area (Å²) in [4.78, 5) is 0. The highest BCUT2D eigenvalue weighted by atomic mass is 14.9. The van der Waals surface area contributed by atoms with E-state index in [1.807, 2.05) is 0 Å². The molecule has 0 heterocycles. The standard InChI is InChI=1S/C13H21N/c1-4-5-6-12-7-9-13(10-8-12)14-11(2)3/h7-11,14H,4-6H2,1-3H3. The zero-order valence-corrected chi connectivity index (χ0v) is 9.51. The molecule has 0 atom stereocenters. The Hall–Kier alpha value is -0.980. The van der Waals surface area contributed by atoms with Gasteiger partial charge in [-0.15, -0.1) is 0 Å². The molecule has 0 spiro atoms. The molecule has 1 nitrogen and oxygen atoms in total. The van der Waals surface area contributed by atoms with Gasteiger partial charge in [-0.05, 0) is 44.4 Å². The van der Waals surface area contributed by atoms with Gasteiger partial charge in [0.15, 0.2) is 0 Å². The Morgan fingerprint density at radius 3 is 2.29 bits per heavy atom. The van der Waals surface area contributed by atoms with E-state index in [9.17, 15) is 0 Å².